The summed E-state index contributed by atoms with van der Waals surface area (Å²) in [5, 5.41) is 3.51. The van der Waals surface area contributed by atoms with Crippen molar-refractivity contribution in [3.63, 3.8) is 0 Å². The zero-order valence-electron chi connectivity index (χ0n) is 25.1. The van der Waals surface area contributed by atoms with Crippen molar-refractivity contribution >= 4 is 39.1 Å². The number of sulfonamides is 1. The van der Waals surface area contributed by atoms with Crippen molar-refractivity contribution in [2.24, 2.45) is 0 Å². The fourth-order valence-corrected chi connectivity index (χ4v) is 5.90. The van der Waals surface area contributed by atoms with Crippen LogP contribution in [0.3, 0.4) is 0 Å². The third-order valence-electron chi connectivity index (χ3n) is 7.34. The Balaban J connectivity index is 1.90. The van der Waals surface area contributed by atoms with Crippen LogP contribution in [0.1, 0.15) is 55.4 Å². The average molecular weight is 612 g/mol. The van der Waals surface area contributed by atoms with Gasteiger partial charge >= 0.3 is 0 Å². The lowest BCUT2D eigenvalue weighted by atomic mass is 10.0. The maximum absolute atomic E-state index is 14.0. The molecular weight excluding hydrogens is 570 g/mol. The second kappa shape index (κ2) is 15.2. The van der Waals surface area contributed by atoms with E-state index in [2.05, 4.69) is 5.32 Å². The van der Waals surface area contributed by atoms with Crippen LogP contribution in [0, 0.1) is 13.8 Å². The molecule has 0 unspecified atom stereocenters. The van der Waals surface area contributed by atoms with Crippen LogP contribution in [0.2, 0.25) is 5.02 Å². The summed E-state index contributed by atoms with van der Waals surface area (Å²) in [5.41, 5.74) is 4.22. The van der Waals surface area contributed by atoms with E-state index >= 15 is 0 Å². The number of rotatable bonds is 14. The SMILES string of the molecule is CC[C@@H](C)NC(=O)[C@H](Cc1ccccc1)N(Cc1ccc(C)cc1)C(=O)CCCN(c1cc(Cl)ccc1C)S(C)(=O)=O. The van der Waals surface area contributed by atoms with Gasteiger partial charge in [-0.1, -0.05) is 84.8 Å². The first-order valence-electron chi connectivity index (χ1n) is 14.3. The van der Waals surface area contributed by atoms with Gasteiger partial charge in [-0.2, -0.15) is 0 Å². The molecule has 2 amide bonds. The Morgan fingerprint density at radius 2 is 1.62 bits per heavy atom. The van der Waals surface area contributed by atoms with Crippen LogP contribution in [-0.2, 0) is 32.6 Å². The van der Waals surface area contributed by atoms with E-state index in [1.165, 1.54) is 4.31 Å². The minimum atomic E-state index is -3.63. The third-order valence-corrected chi connectivity index (χ3v) is 8.75. The Morgan fingerprint density at radius 1 is 0.952 bits per heavy atom. The number of amides is 2. The molecule has 3 aromatic rings. The number of carbonyl (C=O) groups excluding carboxylic acids is 2. The van der Waals surface area contributed by atoms with Crippen LogP contribution >= 0.6 is 11.6 Å². The van der Waals surface area contributed by atoms with Gasteiger partial charge in [0.05, 0.1) is 11.9 Å². The van der Waals surface area contributed by atoms with Crippen LogP contribution in [0.4, 0.5) is 5.69 Å². The Morgan fingerprint density at radius 3 is 2.24 bits per heavy atom. The normalized spacial score (nSPS) is 12.8. The fourth-order valence-electron chi connectivity index (χ4n) is 4.72. The van der Waals surface area contributed by atoms with E-state index in [-0.39, 0.29) is 43.8 Å². The predicted octanol–water partition coefficient (Wildman–Crippen LogP) is 6.06. The molecule has 0 bridgehead atoms. The Labute approximate surface area is 255 Å². The van der Waals surface area contributed by atoms with Gasteiger partial charge in [0, 0.05) is 37.0 Å². The van der Waals surface area contributed by atoms with Crippen molar-refractivity contribution in [2.45, 2.75) is 72.0 Å². The summed E-state index contributed by atoms with van der Waals surface area (Å²) in [5.74, 6) is -0.423. The van der Waals surface area contributed by atoms with E-state index in [0.717, 1.165) is 34.9 Å². The monoisotopic (exact) mass is 611 g/mol. The second-order valence-corrected chi connectivity index (χ2v) is 13.2. The summed E-state index contributed by atoms with van der Waals surface area (Å²) in [7, 11) is -3.63. The molecule has 0 aliphatic heterocycles. The van der Waals surface area contributed by atoms with E-state index < -0.39 is 16.1 Å². The molecule has 0 heterocycles. The molecule has 0 radical (unpaired) electrons. The molecule has 0 fully saturated rings. The molecule has 3 aromatic carbocycles. The van der Waals surface area contributed by atoms with Gasteiger partial charge in [0.15, 0.2) is 0 Å². The topological polar surface area (TPSA) is 86.8 Å². The van der Waals surface area contributed by atoms with Gasteiger partial charge in [0.25, 0.3) is 0 Å². The van der Waals surface area contributed by atoms with E-state index in [4.69, 9.17) is 11.6 Å². The summed E-state index contributed by atoms with van der Waals surface area (Å²) in [4.78, 5) is 29.3. The number of hydrogen-bond acceptors (Lipinski definition) is 4. The lowest BCUT2D eigenvalue weighted by Crippen LogP contribution is -2.52. The van der Waals surface area contributed by atoms with Crippen molar-refractivity contribution in [3.8, 4) is 0 Å². The fraction of sp³-hybridized carbons (Fsp3) is 0.394. The van der Waals surface area contributed by atoms with Gasteiger partial charge in [0.1, 0.15) is 6.04 Å². The minimum Gasteiger partial charge on any atom is -0.352 e. The van der Waals surface area contributed by atoms with Crippen LogP contribution in [0.15, 0.2) is 72.8 Å². The first-order valence-corrected chi connectivity index (χ1v) is 16.5. The zero-order chi connectivity index (χ0) is 30.9. The van der Waals surface area contributed by atoms with E-state index in [1.807, 2.05) is 82.3 Å². The van der Waals surface area contributed by atoms with Crippen molar-refractivity contribution in [1.82, 2.24) is 10.2 Å². The quantitative estimate of drug-likeness (QED) is 0.240. The first kappa shape index (κ1) is 33.1. The number of nitrogens with zero attached hydrogens (tertiary/aromatic N) is 2. The summed E-state index contributed by atoms with van der Waals surface area (Å²) in [6.07, 6.45) is 2.61. The highest BCUT2D eigenvalue weighted by molar-refractivity contribution is 7.92. The Hall–Kier alpha value is -3.36. The van der Waals surface area contributed by atoms with Gasteiger partial charge in [0.2, 0.25) is 21.8 Å². The predicted molar refractivity (Wildman–Crippen MR) is 171 cm³/mol. The molecule has 0 aliphatic carbocycles. The molecule has 3 rings (SSSR count). The molecule has 2 atom stereocenters. The Kier molecular flexibility index (Phi) is 12.0. The van der Waals surface area contributed by atoms with Gasteiger partial charge in [-0.25, -0.2) is 8.42 Å². The van der Waals surface area contributed by atoms with E-state index in [0.29, 0.717) is 17.1 Å². The molecule has 0 aromatic heterocycles. The van der Waals surface area contributed by atoms with Gasteiger partial charge in [-0.15, -0.1) is 0 Å². The molecule has 9 heteroatoms. The summed E-state index contributed by atoms with van der Waals surface area (Å²) in [6, 6.07) is 21.9. The summed E-state index contributed by atoms with van der Waals surface area (Å²) in [6.45, 7) is 8.13. The highest BCUT2D eigenvalue weighted by atomic mass is 35.5. The summed E-state index contributed by atoms with van der Waals surface area (Å²) >= 11 is 6.18. The lowest BCUT2D eigenvalue weighted by Gasteiger charge is -2.33. The second-order valence-electron chi connectivity index (χ2n) is 10.9. The molecule has 7 nitrogen and oxygen atoms in total. The minimum absolute atomic E-state index is 0.0450. The standard InChI is InChI=1S/C33H42ClN3O4S/c1-6-26(4)35-33(39)31(21-27-11-8-7-9-12-27)36(23-28-17-14-24(2)15-18-28)32(38)13-10-20-37(42(5,40)41)30-22-29(34)19-16-25(30)3/h7-9,11-12,14-19,22,26,31H,6,10,13,20-21,23H2,1-5H3,(H,35,39)/t26-,31+/m1/s1. The largest absolute Gasteiger partial charge is 0.352 e. The van der Waals surface area contributed by atoms with E-state index in [9.17, 15) is 18.0 Å². The van der Waals surface area contributed by atoms with Crippen molar-refractivity contribution in [3.05, 3.63) is 100 Å². The van der Waals surface area contributed by atoms with Gasteiger partial charge < -0.3 is 10.2 Å². The smallest absolute Gasteiger partial charge is 0.243 e. The molecule has 0 saturated carbocycles. The van der Waals surface area contributed by atoms with Crippen LogP contribution in [0.5, 0.6) is 0 Å². The number of halogens is 1. The number of carbonyl (C=O) groups is 2. The lowest BCUT2D eigenvalue weighted by molar-refractivity contribution is -0.141. The molecule has 0 spiro atoms. The number of aryl methyl sites for hydroxylation is 2. The Bertz CT molecular complexity index is 1450. The van der Waals surface area contributed by atoms with Crippen LogP contribution < -0.4 is 9.62 Å². The molecule has 0 aliphatic rings. The highest BCUT2D eigenvalue weighted by Gasteiger charge is 2.31. The number of nitrogens with one attached hydrogen (secondary N) is 1. The maximum Gasteiger partial charge on any atom is 0.243 e. The van der Waals surface area contributed by atoms with E-state index in [1.54, 1.807) is 23.1 Å². The first-order chi connectivity index (χ1) is 19.9. The van der Waals surface area contributed by atoms with Crippen molar-refractivity contribution < 1.29 is 18.0 Å². The van der Waals surface area contributed by atoms with Crippen molar-refractivity contribution in [1.29, 1.82) is 0 Å². The number of benzene rings is 3. The zero-order valence-corrected chi connectivity index (χ0v) is 26.7. The molecule has 226 valence electrons. The highest BCUT2D eigenvalue weighted by Crippen LogP contribution is 2.27. The number of hydrogen-bond donors (Lipinski definition) is 1. The maximum atomic E-state index is 14.0. The average Bonchev–Trinajstić information content (AvgIpc) is 2.95. The molecule has 42 heavy (non-hydrogen) atoms. The molecule has 1 N–H and O–H groups in total. The molecular formula is C33H42ClN3O4S. The van der Waals surface area contributed by atoms with Gasteiger partial charge in [-0.05, 0) is 62.4 Å². The number of anilines is 1. The van der Waals surface area contributed by atoms with Crippen molar-refractivity contribution in [2.75, 3.05) is 17.1 Å². The van der Waals surface area contributed by atoms with Crippen LogP contribution in [-0.4, -0.2) is 50.0 Å². The summed E-state index contributed by atoms with van der Waals surface area (Å²) < 4.78 is 26.8. The van der Waals surface area contributed by atoms with Crippen LogP contribution in [0.25, 0.3) is 0 Å². The van der Waals surface area contributed by atoms with Gasteiger partial charge in [-0.3, -0.25) is 13.9 Å². The molecule has 0 saturated heterocycles. The third kappa shape index (κ3) is 9.60.